The molecule has 0 heterocycles. The molecule has 0 N–H and O–H groups in total. The van der Waals surface area contributed by atoms with E-state index >= 15 is 0 Å². The highest BCUT2D eigenvalue weighted by molar-refractivity contribution is 6.31. The third-order valence-corrected chi connectivity index (χ3v) is 3.83. The van der Waals surface area contributed by atoms with E-state index in [-0.39, 0.29) is 5.78 Å². The van der Waals surface area contributed by atoms with E-state index in [0.717, 1.165) is 5.56 Å². The van der Waals surface area contributed by atoms with E-state index in [0.29, 0.717) is 22.6 Å². The van der Waals surface area contributed by atoms with Crippen LogP contribution in [-0.2, 0) is 6.42 Å². The predicted octanol–water partition coefficient (Wildman–Crippen LogP) is 6.19. The lowest BCUT2D eigenvalue weighted by atomic mass is 9.94. The van der Waals surface area contributed by atoms with Gasteiger partial charge in [-0.15, -0.1) is 0 Å². The first kappa shape index (κ1) is 18.0. The fourth-order valence-electron chi connectivity index (χ4n) is 2.48. The topological polar surface area (TPSA) is 17.1 Å². The van der Waals surface area contributed by atoms with Crippen LogP contribution < -0.4 is 0 Å². The molecule has 0 saturated heterocycles. The molecule has 0 fully saturated rings. The van der Waals surface area contributed by atoms with E-state index in [1.807, 2.05) is 74.5 Å². The number of benzene rings is 3. The molecule has 0 aromatic heterocycles. The van der Waals surface area contributed by atoms with Crippen LogP contribution in [0, 0.1) is 0 Å². The number of carbonyl (C=O) groups excluding carboxylic acids is 1. The van der Waals surface area contributed by atoms with Crippen LogP contribution in [0.1, 0.15) is 40.9 Å². The van der Waals surface area contributed by atoms with Crippen LogP contribution in [0.25, 0.3) is 0 Å². The zero-order chi connectivity index (χ0) is 17.4. The molecule has 0 aliphatic rings. The summed E-state index contributed by atoms with van der Waals surface area (Å²) in [6.07, 6.45) is 0.714. The van der Waals surface area contributed by atoms with Crippen molar-refractivity contribution >= 4 is 17.4 Å². The first-order valence-corrected chi connectivity index (χ1v) is 8.54. The lowest BCUT2D eigenvalue weighted by Crippen LogP contribution is -2.06. The summed E-state index contributed by atoms with van der Waals surface area (Å²) in [5, 5.41) is 0.580. The molecule has 0 spiro atoms. The van der Waals surface area contributed by atoms with Gasteiger partial charge in [-0.05, 0) is 29.7 Å². The Labute approximate surface area is 148 Å². The number of hydrogen-bond acceptors (Lipinski definition) is 1. The van der Waals surface area contributed by atoms with Gasteiger partial charge in [-0.25, -0.2) is 0 Å². The highest BCUT2D eigenvalue weighted by Gasteiger charge is 2.14. The van der Waals surface area contributed by atoms with Gasteiger partial charge in [-0.2, -0.15) is 0 Å². The first-order valence-electron chi connectivity index (χ1n) is 8.16. The molecule has 3 rings (SSSR count). The highest BCUT2D eigenvalue weighted by Crippen LogP contribution is 2.22. The smallest absolute Gasteiger partial charge is 0.193 e. The Morgan fingerprint density at radius 2 is 1.42 bits per heavy atom. The first-order chi connectivity index (χ1) is 11.7. The zero-order valence-corrected chi connectivity index (χ0v) is 14.8. The van der Waals surface area contributed by atoms with Crippen molar-refractivity contribution in [2.75, 3.05) is 0 Å². The minimum Gasteiger partial charge on any atom is -0.289 e. The minimum atomic E-state index is 0.00836. The molecule has 0 unspecified atom stereocenters. The minimum absolute atomic E-state index is 0.00836. The maximum Gasteiger partial charge on any atom is 0.193 e. The van der Waals surface area contributed by atoms with Gasteiger partial charge in [-0.3, -0.25) is 4.79 Å². The van der Waals surface area contributed by atoms with Crippen LogP contribution in [-0.4, -0.2) is 5.78 Å². The molecule has 3 aromatic carbocycles. The van der Waals surface area contributed by atoms with Crippen molar-refractivity contribution in [3.05, 3.63) is 106 Å². The van der Waals surface area contributed by atoms with E-state index in [4.69, 9.17) is 11.6 Å². The van der Waals surface area contributed by atoms with Crippen molar-refractivity contribution in [1.82, 2.24) is 0 Å². The van der Waals surface area contributed by atoms with Crippen LogP contribution >= 0.6 is 11.6 Å². The van der Waals surface area contributed by atoms with Gasteiger partial charge in [0.15, 0.2) is 5.78 Å². The van der Waals surface area contributed by atoms with E-state index in [1.165, 1.54) is 5.56 Å². The van der Waals surface area contributed by atoms with Crippen LogP contribution in [0.3, 0.4) is 0 Å². The Morgan fingerprint density at radius 1 is 0.833 bits per heavy atom. The van der Waals surface area contributed by atoms with Crippen LogP contribution in [0.2, 0.25) is 5.02 Å². The van der Waals surface area contributed by atoms with Gasteiger partial charge in [0.1, 0.15) is 0 Å². The van der Waals surface area contributed by atoms with Gasteiger partial charge in [-0.1, -0.05) is 92.2 Å². The van der Waals surface area contributed by atoms with E-state index in [9.17, 15) is 4.79 Å². The van der Waals surface area contributed by atoms with Crippen molar-refractivity contribution < 1.29 is 4.79 Å². The van der Waals surface area contributed by atoms with Crippen molar-refractivity contribution in [3.63, 3.8) is 0 Å². The van der Waals surface area contributed by atoms with E-state index < -0.39 is 0 Å². The molecule has 24 heavy (non-hydrogen) atoms. The fraction of sp³-hybridized carbons (Fsp3) is 0.136. The second-order valence-corrected chi connectivity index (χ2v) is 5.60. The molecule has 0 amide bonds. The Kier molecular flexibility index (Phi) is 6.77. The molecule has 3 aromatic rings. The molecular weight excluding hydrogens is 316 g/mol. The summed E-state index contributed by atoms with van der Waals surface area (Å²) in [5.74, 6) is 0.00836. The number of ketones is 1. The molecular formula is C22H21ClO. The normalized spacial score (nSPS) is 9.79. The number of hydrogen-bond donors (Lipinski definition) is 0. The molecule has 2 heteroatoms. The number of rotatable bonds is 4. The third kappa shape index (κ3) is 4.56. The van der Waals surface area contributed by atoms with E-state index in [1.54, 1.807) is 6.07 Å². The second-order valence-electron chi connectivity index (χ2n) is 5.16. The number of halogens is 1. The van der Waals surface area contributed by atoms with Crippen molar-refractivity contribution in [2.24, 2.45) is 0 Å². The molecule has 0 aliphatic carbocycles. The van der Waals surface area contributed by atoms with Crippen LogP contribution in [0.4, 0.5) is 0 Å². The SMILES string of the molecule is CC.O=C(c1ccccc1)c1cc(Cl)ccc1Cc1ccccc1. The van der Waals surface area contributed by atoms with Crippen molar-refractivity contribution in [1.29, 1.82) is 0 Å². The van der Waals surface area contributed by atoms with Gasteiger partial charge in [0.25, 0.3) is 0 Å². The molecule has 0 aliphatic heterocycles. The number of carbonyl (C=O) groups is 1. The van der Waals surface area contributed by atoms with Gasteiger partial charge in [0, 0.05) is 16.1 Å². The standard InChI is InChI=1S/C20H15ClO.C2H6/c21-18-12-11-17(13-15-7-3-1-4-8-15)19(14-18)20(22)16-9-5-2-6-10-16;1-2/h1-12,14H,13H2;1-2H3. The van der Waals surface area contributed by atoms with Gasteiger partial charge < -0.3 is 0 Å². The van der Waals surface area contributed by atoms with E-state index in [2.05, 4.69) is 12.1 Å². The average molecular weight is 337 g/mol. The third-order valence-electron chi connectivity index (χ3n) is 3.59. The van der Waals surface area contributed by atoms with Crippen molar-refractivity contribution in [2.45, 2.75) is 20.3 Å². The quantitative estimate of drug-likeness (QED) is 0.519. The monoisotopic (exact) mass is 336 g/mol. The van der Waals surface area contributed by atoms with Gasteiger partial charge in [0.05, 0.1) is 0 Å². The Hall–Kier alpha value is -2.38. The average Bonchev–Trinajstić information content (AvgIpc) is 2.66. The summed E-state index contributed by atoms with van der Waals surface area (Å²) in [5.41, 5.74) is 3.51. The largest absolute Gasteiger partial charge is 0.289 e. The molecule has 122 valence electrons. The Morgan fingerprint density at radius 3 is 2.04 bits per heavy atom. The van der Waals surface area contributed by atoms with Gasteiger partial charge in [0.2, 0.25) is 0 Å². The maximum absolute atomic E-state index is 12.8. The summed E-state index contributed by atoms with van der Waals surface area (Å²) >= 11 is 6.10. The maximum atomic E-state index is 12.8. The summed E-state index contributed by atoms with van der Waals surface area (Å²) in [6.45, 7) is 4.00. The summed E-state index contributed by atoms with van der Waals surface area (Å²) in [7, 11) is 0. The lowest BCUT2D eigenvalue weighted by molar-refractivity contribution is 0.103. The molecule has 0 saturated carbocycles. The summed E-state index contributed by atoms with van der Waals surface area (Å²) in [4.78, 5) is 12.8. The van der Waals surface area contributed by atoms with Crippen LogP contribution in [0.5, 0.6) is 0 Å². The molecule has 1 nitrogen and oxygen atoms in total. The molecule has 0 bridgehead atoms. The molecule has 0 atom stereocenters. The Bertz CT molecular complexity index is 780. The lowest BCUT2D eigenvalue weighted by Gasteiger charge is -2.10. The predicted molar refractivity (Wildman–Crippen MR) is 102 cm³/mol. The second kappa shape index (κ2) is 9.05. The summed E-state index contributed by atoms with van der Waals surface area (Å²) in [6, 6.07) is 24.9. The highest BCUT2D eigenvalue weighted by atomic mass is 35.5. The summed E-state index contributed by atoms with van der Waals surface area (Å²) < 4.78 is 0. The van der Waals surface area contributed by atoms with Crippen LogP contribution in [0.15, 0.2) is 78.9 Å². The molecule has 0 radical (unpaired) electrons. The zero-order valence-electron chi connectivity index (χ0n) is 14.0. The van der Waals surface area contributed by atoms with Gasteiger partial charge >= 0.3 is 0 Å². The fourth-order valence-corrected chi connectivity index (χ4v) is 2.65. The van der Waals surface area contributed by atoms with Crippen molar-refractivity contribution in [3.8, 4) is 0 Å². The Balaban J connectivity index is 0.00000100.